The summed E-state index contributed by atoms with van der Waals surface area (Å²) in [5, 5.41) is 4.27. The van der Waals surface area contributed by atoms with Crippen molar-refractivity contribution in [2.75, 3.05) is 13.7 Å². The Kier molecular flexibility index (Phi) is 6.57. The number of methoxy groups -OCH3 is 1. The molecule has 0 unspecified atom stereocenters. The highest BCUT2D eigenvalue weighted by atomic mass is 16.5. The molecule has 0 saturated carbocycles. The monoisotopic (exact) mass is 484 g/mol. The average Bonchev–Trinajstić information content (AvgIpc) is 3.56. The molecule has 0 amide bonds. The highest BCUT2D eigenvalue weighted by Gasteiger charge is 2.19. The van der Waals surface area contributed by atoms with Gasteiger partial charge in [-0.3, -0.25) is 0 Å². The summed E-state index contributed by atoms with van der Waals surface area (Å²) in [7, 11) is 1.64. The Bertz CT molecular complexity index is 1500. The molecule has 0 bridgehead atoms. The molecule has 0 fully saturated rings. The van der Waals surface area contributed by atoms with Crippen molar-refractivity contribution in [3.8, 4) is 17.6 Å². The van der Waals surface area contributed by atoms with Gasteiger partial charge in [0.2, 0.25) is 5.88 Å². The van der Waals surface area contributed by atoms with E-state index in [1.165, 1.54) is 17.1 Å². The summed E-state index contributed by atoms with van der Waals surface area (Å²) in [5.41, 5.74) is 3.33. The number of carbonyl (C=O) groups is 1. The van der Waals surface area contributed by atoms with Crippen molar-refractivity contribution in [2.24, 2.45) is 0 Å². The number of fused-ring (bicyclic) bond motifs is 1. The Morgan fingerprint density at radius 3 is 2.64 bits per heavy atom. The number of para-hydroxylation sites is 1. The Hall–Kier alpha value is -4.73. The molecule has 36 heavy (non-hydrogen) atoms. The molecule has 2 aromatic carbocycles. The molecular weight excluding hydrogens is 460 g/mol. The number of imidazole rings is 1. The van der Waals surface area contributed by atoms with Crippen molar-refractivity contribution >= 4 is 17.1 Å². The molecular formula is C26H24N6O4. The van der Waals surface area contributed by atoms with Crippen LogP contribution < -0.4 is 9.47 Å². The third-order valence-corrected chi connectivity index (χ3v) is 5.47. The van der Waals surface area contributed by atoms with Crippen LogP contribution in [0.3, 0.4) is 0 Å². The van der Waals surface area contributed by atoms with Gasteiger partial charge < -0.3 is 18.8 Å². The molecule has 0 aliphatic heterocycles. The predicted molar refractivity (Wildman–Crippen MR) is 131 cm³/mol. The summed E-state index contributed by atoms with van der Waals surface area (Å²) in [5.74, 6) is 0.848. The van der Waals surface area contributed by atoms with Crippen LogP contribution in [0.15, 0.2) is 73.3 Å². The molecule has 0 radical (unpaired) electrons. The third kappa shape index (κ3) is 4.74. The molecule has 10 nitrogen and oxygen atoms in total. The molecule has 0 saturated heterocycles. The van der Waals surface area contributed by atoms with Gasteiger partial charge in [0.05, 0.1) is 38.3 Å². The van der Waals surface area contributed by atoms with Crippen LogP contribution in [0.2, 0.25) is 0 Å². The quantitative estimate of drug-likeness (QED) is 0.291. The molecule has 182 valence electrons. The minimum atomic E-state index is -0.466. The minimum absolute atomic E-state index is 0.239. The fraction of sp³-hybridized carbons (Fsp3) is 0.192. The molecule has 10 heteroatoms. The number of esters is 1. The second kappa shape index (κ2) is 10.3. The molecule has 0 aliphatic carbocycles. The summed E-state index contributed by atoms with van der Waals surface area (Å²) in [6.07, 6.45) is 4.64. The van der Waals surface area contributed by atoms with Crippen LogP contribution in [0.25, 0.3) is 17.1 Å². The van der Waals surface area contributed by atoms with Crippen molar-refractivity contribution < 1.29 is 19.0 Å². The van der Waals surface area contributed by atoms with Crippen molar-refractivity contribution in [3.05, 3.63) is 90.0 Å². The lowest BCUT2D eigenvalue weighted by Gasteiger charge is -2.11. The van der Waals surface area contributed by atoms with E-state index in [1.54, 1.807) is 20.4 Å². The first kappa shape index (κ1) is 23.0. The number of aromatic nitrogens is 6. The van der Waals surface area contributed by atoms with Crippen molar-refractivity contribution in [1.82, 2.24) is 29.3 Å². The van der Waals surface area contributed by atoms with Crippen LogP contribution in [0.1, 0.15) is 28.4 Å². The van der Waals surface area contributed by atoms with Gasteiger partial charge in [0.1, 0.15) is 12.4 Å². The second-order valence-corrected chi connectivity index (χ2v) is 7.85. The first-order valence-corrected chi connectivity index (χ1v) is 11.4. The largest absolute Gasteiger partial charge is 0.496 e. The van der Waals surface area contributed by atoms with Crippen LogP contribution >= 0.6 is 0 Å². The van der Waals surface area contributed by atoms with E-state index in [1.807, 2.05) is 59.2 Å². The van der Waals surface area contributed by atoms with E-state index in [9.17, 15) is 4.79 Å². The van der Waals surface area contributed by atoms with Gasteiger partial charge in [-0.2, -0.15) is 15.1 Å². The van der Waals surface area contributed by atoms with Crippen LogP contribution in [0.4, 0.5) is 0 Å². The van der Waals surface area contributed by atoms with E-state index < -0.39 is 5.97 Å². The number of hydrogen-bond donors (Lipinski definition) is 0. The maximum absolute atomic E-state index is 12.1. The maximum Gasteiger partial charge on any atom is 0.341 e. The van der Waals surface area contributed by atoms with E-state index >= 15 is 0 Å². The Labute approximate surface area is 207 Å². The zero-order valence-corrected chi connectivity index (χ0v) is 19.9. The number of nitrogens with zero attached hydrogens (tertiary/aromatic N) is 6. The normalized spacial score (nSPS) is 10.9. The maximum atomic E-state index is 12.1. The summed E-state index contributed by atoms with van der Waals surface area (Å²) < 4.78 is 20.0. The Morgan fingerprint density at radius 2 is 1.83 bits per heavy atom. The van der Waals surface area contributed by atoms with Crippen LogP contribution in [0.5, 0.6) is 11.6 Å². The standard InChI is InChI=1S/C26H24N6O4/c1-3-35-25(33)20-13-28-32(15-20)26-29-23-22(24(30-26)36-16-18-9-5-4-6-10-18)27-17-31(23)14-19-11-7-8-12-21(19)34-2/h4-13,15,17H,3,14,16H2,1-2H3. The first-order chi connectivity index (χ1) is 17.7. The summed E-state index contributed by atoms with van der Waals surface area (Å²) in [4.78, 5) is 26.0. The van der Waals surface area contributed by atoms with E-state index in [-0.39, 0.29) is 12.6 Å². The molecule has 0 spiro atoms. The lowest BCUT2D eigenvalue weighted by Crippen LogP contribution is -2.08. The van der Waals surface area contributed by atoms with Crippen LogP contribution in [-0.4, -0.2) is 49.0 Å². The molecule has 3 heterocycles. The van der Waals surface area contributed by atoms with Gasteiger partial charge in [0.25, 0.3) is 5.95 Å². The van der Waals surface area contributed by atoms with E-state index in [2.05, 4.69) is 15.1 Å². The SMILES string of the molecule is CCOC(=O)c1cnn(-c2nc(OCc3ccccc3)c3ncn(Cc4ccccc4OC)c3n2)c1. The number of rotatable bonds is 9. The van der Waals surface area contributed by atoms with Crippen molar-refractivity contribution in [3.63, 3.8) is 0 Å². The minimum Gasteiger partial charge on any atom is -0.496 e. The van der Waals surface area contributed by atoms with Gasteiger partial charge >= 0.3 is 5.97 Å². The second-order valence-electron chi connectivity index (χ2n) is 7.85. The molecule has 5 rings (SSSR count). The summed E-state index contributed by atoms with van der Waals surface area (Å²) in [6, 6.07) is 17.5. The Balaban J connectivity index is 1.56. The molecule has 3 aromatic heterocycles. The smallest absolute Gasteiger partial charge is 0.341 e. The lowest BCUT2D eigenvalue weighted by atomic mass is 10.2. The summed E-state index contributed by atoms with van der Waals surface area (Å²) >= 11 is 0. The first-order valence-electron chi connectivity index (χ1n) is 11.4. The van der Waals surface area contributed by atoms with Gasteiger partial charge in [0, 0.05) is 11.8 Å². The highest BCUT2D eigenvalue weighted by molar-refractivity contribution is 5.88. The third-order valence-electron chi connectivity index (χ3n) is 5.47. The van der Waals surface area contributed by atoms with Crippen molar-refractivity contribution in [2.45, 2.75) is 20.1 Å². The number of carbonyl (C=O) groups excluding carboxylic acids is 1. The zero-order valence-electron chi connectivity index (χ0n) is 19.9. The van der Waals surface area contributed by atoms with Crippen LogP contribution in [-0.2, 0) is 17.9 Å². The topological polar surface area (TPSA) is 106 Å². The summed E-state index contributed by atoms with van der Waals surface area (Å²) in [6.45, 7) is 2.80. The lowest BCUT2D eigenvalue weighted by molar-refractivity contribution is 0.0526. The predicted octanol–water partition coefficient (Wildman–Crippen LogP) is 3.82. The number of hydrogen-bond acceptors (Lipinski definition) is 8. The average molecular weight is 485 g/mol. The van der Waals surface area contributed by atoms with Gasteiger partial charge in [-0.15, -0.1) is 0 Å². The molecule has 0 atom stereocenters. The van der Waals surface area contributed by atoms with Gasteiger partial charge in [-0.05, 0) is 18.6 Å². The van der Waals surface area contributed by atoms with Gasteiger partial charge in [-0.25, -0.2) is 14.5 Å². The zero-order chi connectivity index (χ0) is 24.9. The molecule has 0 aliphatic rings. The highest BCUT2D eigenvalue weighted by Crippen LogP contribution is 2.26. The van der Waals surface area contributed by atoms with Crippen LogP contribution in [0, 0.1) is 0 Å². The van der Waals surface area contributed by atoms with E-state index in [4.69, 9.17) is 19.2 Å². The Morgan fingerprint density at radius 1 is 1.03 bits per heavy atom. The van der Waals surface area contributed by atoms with E-state index in [0.29, 0.717) is 35.8 Å². The fourth-order valence-corrected chi connectivity index (χ4v) is 3.72. The fourth-order valence-electron chi connectivity index (χ4n) is 3.72. The number of benzene rings is 2. The molecule has 5 aromatic rings. The van der Waals surface area contributed by atoms with Gasteiger partial charge in [-0.1, -0.05) is 48.5 Å². The van der Waals surface area contributed by atoms with Gasteiger partial charge in [0.15, 0.2) is 11.2 Å². The van der Waals surface area contributed by atoms with Crippen molar-refractivity contribution in [1.29, 1.82) is 0 Å². The number of ether oxygens (including phenoxy) is 3. The van der Waals surface area contributed by atoms with E-state index in [0.717, 1.165) is 16.9 Å². The molecule has 0 N–H and O–H groups in total.